The molecular weight excluding hydrogens is 323 g/mol. The predicted molar refractivity (Wildman–Crippen MR) is 81.7 cm³/mol. The molecule has 1 heterocycles. The SMILES string of the molecule is Nc1cc2c(cc1F)OCCCCOc1ccc(F)c(F)c1CO2. The van der Waals surface area contributed by atoms with Crippen LogP contribution in [0, 0.1) is 17.5 Å². The summed E-state index contributed by atoms with van der Waals surface area (Å²) in [7, 11) is 0. The Hall–Kier alpha value is -2.57. The molecule has 0 aliphatic carbocycles. The van der Waals surface area contributed by atoms with E-state index in [0.717, 1.165) is 12.1 Å². The summed E-state index contributed by atoms with van der Waals surface area (Å²) in [5.74, 6) is -2.13. The molecule has 0 bridgehead atoms. The van der Waals surface area contributed by atoms with Gasteiger partial charge in [-0.3, -0.25) is 0 Å². The van der Waals surface area contributed by atoms with Crippen molar-refractivity contribution in [3.63, 3.8) is 0 Å². The zero-order chi connectivity index (χ0) is 17.1. The van der Waals surface area contributed by atoms with Crippen LogP contribution in [0.15, 0.2) is 24.3 Å². The van der Waals surface area contributed by atoms with Gasteiger partial charge in [0, 0.05) is 12.1 Å². The second kappa shape index (κ2) is 6.90. The van der Waals surface area contributed by atoms with E-state index in [-0.39, 0.29) is 35.1 Å². The number of hydrogen-bond donors (Lipinski definition) is 1. The molecule has 0 aromatic heterocycles. The Morgan fingerprint density at radius 3 is 2.21 bits per heavy atom. The maximum atomic E-state index is 14.1. The van der Waals surface area contributed by atoms with Crippen molar-refractivity contribution in [2.24, 2.45) is 0 Å². The highest BCUT2D eigenvalue weighted by molar-refractivity contribution is 5.53. The summed E-state index contributed by atoms with van der Waals surface area (Å²) >= 11 is 0. The third-order valence-corrected chi connectivity index (χ3v) is 3.64. The van der Waals surface area contributed by atoms with Crippen LogP contribution in [0.2, 0.25) is 0 Å². The zero-order valence-corrected chi connectivity index (χ0v) is 12.8. The van der Waals surface area contributed by atoms with E-state index in [1.54, 1.807) is 0 Å². The molecule has 2 aromatic carbocycles. The van der Waals surface area contributed by atoms with Crippen LogP contribution in [0.5, 0.6) is 17.2 Å². The summed E-state index contributed by atoms with van der Waals surface area (Å²) < 4.78 is 57.7. The van der Waals surface area contributed by atoms with Crippen molar-refractivity contribution < 1.29 is 27.4 Å². The second-order valence-electron chi connectivity index (χ2n) is 5.35. The summed E-state index contributed by atoms with van der Waals surface area (Å²) in [5.41, 5.74) is 5.36. The van der Waals surface area contributed by atoms with Crippen molar-refractivity contribution in [3.8, 4) is 17.2 Å². The van der Waals surface area contributed by atoms with Gasteiger partial charge in [-0.2, -0.15) is 0 Å². The molecule has 7 heteroatoms. The van der Waals surface area contributed by atoms with Gasteiger partial charge in [-0.25, -0.2) is 13.2 Å². The number of fused-ring (bicyclic) bond motifs is 2. The van der Waals surface area contributed by atoms with Gasteiger partial charge in [0.15, 0.2) is 23.1 Å². The molecule has 0 radical (unpaired) electrons. The van der Waals surface area contributed by atoms with Crippen molar-refractivity contribution in [2.75, 3.05) is 18.9 Å². The van der Waals surface area contributed by atoms with Gasteiger partial charge in [0.2, 0.25) is 0 Å². The Balaban J connectivity index is 1.98. The second-order valence-corrected chi connectivity index (χ2v) is 5.35. The molecule has 0 saturated heterocycles. The normalized spacial score (nSPS) is 14.8. The van der Waals surface area contributed by atoms with Crippen LogP contribution in [0.3, 0.4) is 0 Å². The number of anilines is 1. The molecule has 4 nitrogen and oxygen atoms in total. The fourth-order valence-corrected chi connectivity index (χ4v) is 2.34. The summed E-state index contributed by atoms with van der Waals surface area (Å²) in [6.07, 6.45) is 1.29. The van der Waals surface area contributed by atoms with Gasteiger partial charge in [0.05, 0.1) is 24.5 Å². The maximum Gasteiger partial charge on any atom is 0.169 e. The maximum absolute atomic E-state index is 14.1. The van der Waals surface area contributed by atoms with E-state index in [2.05, 4.69) is 0 Å². The first-order valence-electron chi connectivity index (χ1n) is 7.50. The largest absolute Gasteiger partial charge is 0.493 e. The molecule has 24 heavy (non-hydrogen) atoms. The Morgan fingerprint density at radius 1 is 0.792 bits per heavy atom. The molecule has 3 rings (SSSR count). The highest BCUT2D eigenvalue weighted by Gasteiger charge is 2.18. The van der Waals surface area contributed by atoms with Gasteiger partial charge >= 0.3 is 0 Å². The fourth-order valence-electron chi connectivity index (χ4n) is 2.34. The summed E-state index contributed by atoms with van der Waals surface area (Å²) in [4.78, 5) is 0. The molecule has 0 atom stereocenters. The van der Waals surface area contributed by atoms with E-state index in [1.165, 1.54) is 12.1 Å². The number of benzene rings is 2. The van der Waals surface area contributed by atoms with Crippen LogP contribution < -0.4 is 19.9 Å². The van der Waals surface area contributed by atoms with E-state index in [1.807, 2.05) is 0 Å². The van der Waals surface area contributed by atoms with Crippen molar-refractivity contribution in [1.29, 1.82) is 0 Å². The summed E-state index contributed by atoms with van der Waals surface area (Å²) in [5, 5.41) is 0. The van der Waals surface area contributed by atoms with Gasteiger partial charge in [0.25, 0.3) is 0 Å². The summed E-state index contributed by atoms with van der Waals surface area (Å²) in [6, 6.07) is 4.74. The third kappa shape index (κ3) is 3.34. The lowest BCUT2D eigenvalue weighted by Crippen LogP contribution is -2.10. The monoisotopic (exact) mass is 339 g/mol. The van der Waals surface area contributed by atoms with Crippen LogP contribution in [0.1, 0.15) is 18.4 Å². The van der Waals surface area contributed by atoms with E-state index >= 15 is 0 Å². The lowest BCUT2D eigenvalue weighted by atomic mass is 10.2. The van der Waals surface area contributed by atoms with E-state index in [9.17, 15) is 13.2 Å². The van der Waals surface area contributed by atoms with Crippen LogP contribution in [0.4, 0.5) is 18.9 Å². The Bertz CT molecular complexity index is 750. The lowest BCUT2D eigenvalue weighted by Gasteiger charge is -2.18. The van der Waals surface area contributed by atoms with Gasteiger partial charge in [-0.1, -0.05) is 0 Å². The topological polar surface area (TPSA) is 53.7 Å². The van der Waals surface area contributed by atoms with E-state index in [0.29, 0.717) is 26.1 Å². The lowest BCUT2D eigenvalue weighted by molar-refractivity contribution is 0.224. The molecule has 128 valence electrons. The number of rotatable bonds is 0. The Kier molecular flexibility index (Phi) is 4.69. The van der Waals surface area contributed by atoms with Crippen molar-refractivity contribution >= 4 is 5.69 Å². The molecule has 1 aliphatic rings. The first-order valence-corrected chi connectivity index (χ1v) is 7.50. The van der Waals surface area contributed by atoms with Crippen LogP contribution >= 0.6 is 0 Å². The van der Waals surface area contributed by atoms with Crippen molar-refractivity contribution in [3.05, 3.63) is 47.3 Å². The smallest absolute Gasteiger partial charge is 0.169 e. The number of ether oxygens (including phenoxy) is 3. The van der Waals surface area contributed by atoms with Crippen molar-refractivity contribution in [2.45, 2.75) is 19.4 Å². The third-order valence-electron chi connectivity index (χ3n) is 3.64. The molecule has 0 spiro atoms. The molecule has 0 saturated carbocycles. The first kappa shape index (κ1) is 16.3. The van der Waals surface area contributed by atoms with E-state index < -0.39 is 17.5 Å². The van der Waals surface area contributed by atoms with Crippen LogP contribution in [-0.4, -0.2) is 13.2 Å². The average Bonchev–Trinajstić information content (AvgIpc) is 2.55. The fraction of sp³-hybridized carbons (Fsp3) is 0.294. The summed E-state index contributed by atoms with van der Waals surface area (Å²) in [6.45, 7) is 0.360. The standard InChI is InChI=1S/C17H16F3NO3/c18-11-3-4-14-10(17(11)20)9-24-16-8-13(21)12(19)7-15(16)23-6-2-1-5-22-14/h3-4,7-8H,1-2,5-6,9,21H2. The Morgan fingerprint density at radius 2 is 1.46 bits per heavy atom. The predicted octanol–water partition coefficient (Wildman–Crippen LogP) is 3.82. The molecule has 2 N–H and O–H groups in total. The highest BCUT2D eigenvalue weighted by Crippen LogP contribution is 2.34. The number of halogens is 3. The zero-order valence-electron chi connectivity index (χ0n) is 12.8. The molecule has 2 aromatic rings. The number of hydrogen-bond acceptors (Lipinski definition) is 4. The van der Waals surface area contributed by atoms with Crippen molar-refractivity contribution in [1.82, 2.24) is 0 Å². The average molecular weight is 339 g/mol. The molecule has 1 aliphatic heterocycles. The highest BCUT2D eigenvalue weighted by atomic mass is 19.2. The van der Waals surface area contributed by atoms with Gasteiger partial charge in [-0.15, -0.1) is 0 Å². The molecule has 0 fully saturated rings. The number of nitrogens with two attached hydrogens (primary N) is 1. The minimum absolute atomic E-state index is 0.0515. The van der Waals surface area contributed by atoms with Gasteiger partial charge in [-0.05, 0) is 25.0 Å². The Labute approximate surface area is 136 Å². The number of nitrogen functional groups attached to an aromatic ring is 1. The molecular formula is C17H16F3NO3. The van der Waals surface area contributed by atoms with Gasteiger partial charge in [0.1, 0.15) is 18.2 Å². The quantitative estimate of drug-likeness (QED) is 0.742. The van der Waals surface area contributed by atoms with Gasteiger partial charge < -0.3 is 19.9 Å². The first-order chi connectivity index (χ1) is 11.6. The van der Waals surface area contributed by atoms with Crippen LogP contribution in [0.25, 0.3) is 0 Å². The van der Waals surface area contributed by atoms with E-state index in [4.69, 9.17) is 19.9 Å². The molecule has 0 unspecified atom stereocenters. The molecule has 0 amide bonds. The minimum atomic E-state index is -1.04. The minimum Gasteiger partial charge on any atom is -0.493 e. The van der Waals surface area contributed by atoms with Crippen LogP contribution in [-0.2, 0) is 6.61 Å².